The van der Waals surface area contributed by atoms with E-state index in [1.165, 1.54) is 43.4 Å². The first kappa shape index (κ1) is 27.5. The molecule has 10 rings (SSSR count). The highest BCUT2D eigenvalue weighted by Gasteiger charge is 2.20. The fourth-order valence-electron chi connectivity index (χ4n) is 7.56. The standard InChI is InChI=1S/C46H29N3/c1-3-15-32(16-4-1)39-29-40(33-17-5-2-6-18-33)48-46(47-39)38-25-28-41(37-22-12-11-21-36(37)38)49-42-26-23-30-13-7-9-19-34(30)44(42)45-35-20-10-8-14-31(35)24-27-43(45)49/h1-29H. The number of fused-ring (bicyclic) bond motifs is 8. The molecule has 3 heteroatoms. The molecule has 0 aliphatic carbocycles. The number of rotatable bonds is 4. The van der Waals surface area contributed by atoms with Gasteiger partial charge in [0.1, 0.15) is 0 Å². The van der Waals surface area contributed by atoms with Gasteiger partial charge < -0.3 is 4.57 Å². The summed E-state index contributed by atoms with van der Waals surface area (Å²) in [6.45, 7) is 0. The van der Waals surface area contributed by atoms with Crippen molar-refractivity contribution in [3.63, 3.8) is 0 Å². The van der Waals surface area contributed by atoms with Gasteiger partial charge in [-0.1, -0.05) is 146 Å². The first-order valence-electron chi connectivity index (χ1n) is 16.7. The number of aromatic nitrogens is 3. The molecule has 0 fully saturated rings. The smallest absolute Gasteiger partial charge is 0.161 e. The summed E-state index contributed by atoms with van der Waals surface area (Å²) in [5, 5.41) is 9.84. The van der Waals surface area contributed by atoms with Gasteiger partial charge in [-0.15, -0.1) is 0 Å². The van der Waals surface area contributed by atoms with Gasteiger partial charge in [-0.3, -0.25) is 0 Å². The summed E-state index contributed by atoms with van der Waals surface area (Å²) in [7, 11) is 0. The number of hydrogen-bond donors (Lipinski definition) is 0. The monoisotopic (exact) mass is 623 g/mol. The molecule has 10 aromatic rings. The van der Waals surface area contributed by atoms with Crippen LogP contribution in [-0.2, 0) is 0 Å². The average Bonchev–Trinajstić information content (AvgIpc) is 3.53. The Morgan fingerprint density at radius 2 is 0.837 bits per heavy atom. The summed E-state index contributed by atoms with van der Waals surface area (Å²) in [5.74, 6) is 0.710. The van der Waals surface area contributed by atoms with Crippen LogP contribution in [0.3, 0.4) is 0 Å². The van der Waals surface area contributed by atoms with E-state index < -0.39 is 0 Å². The molecule has 0 unspecified atom stereocenters. The second-order valence-corrected chi connectivity index (χ2v) is 12.6. The van der Waals surface area contributed by atoms with E-state index in [9.17, 15) is 0 Å². The van der Waals surface area contributed by atoms with E-state index in [0.717, 1.165) is 44.5 Å². The van der Waals surface area contributed by atoms with Crippen LogP contribution in [0.4, 0.5) is 0 Å². The number of benzene rings is 8. The molecule has 0 saturated carbocycles. The van der Waals surface area contributed by atoms with Gasteiger partial charge in [0.15, 0.2) is 5.82 Å². The average molecular weight is 624 g/mol. The van der Waals surface area contributed by atoms with Crippen LogP contribution < -0.4 is 0 Å². The summed E-state index contributed by atoms with van der Waals surface area (Å²) < 4.78 is 2.45. The SMILES string of the molecule is c1ccc(-c2cc(-c3ccccc3)nc(-c3ccc(-n4c5ccc6ccccc6c5c5c6ccccc6ccc54)c4ccccc34)n2)cc1. The topological polar surface area (TPSA) is 30.7 Å². The van der Waals surface area contributed by atoms with Crippen LogP contribution in [0.2, 0.25) is 0 Å². The second kappa shape index (κ2) is 11.0. The Morgan fingerprint density at radius 1 is 0.367 bits per heavy atom. The van der Waals surface area contributed by atoms with Gasteiger partial charge in [0.05, 0.1) is 28.1 Å². The highest BCUT2D eigenvalue weighted by molar-refractivity contribution is 6.28. The lowest BCUT2D eigenvalue weighted by Gasteiger charge is -2.15. The van der Waals surface area contributed by atoms with Crippen molar-refractivity contribution in [2.45, 2.75) is 0 Å². The van der Waals surface area contributed by atoms with Crippen molar-refractivity contribution in [2.24, 2.45) is 0 Å². The van der Waals surface area contributed by atoms with Crippen molar-refractivity contribution in [1.82, 2.24) is 14.5 Å². The van der Waals surface area contributed by atoms with Gasteiger partial charge in [-0.05, 0) is 57.3 Å². The van der Waals surface area contributed by atoms with Crippen molar-refractivity contribution >= 4 is 54.1 Å². The number of nitrogens with zero attached hydrogens (tertiary/aromatic N) is 3. The molecule has 228 valence electrons. The predicted molar refractivity (Wildman–Crippen MR) is 205 cm³/mol. The minimum atomic E-state index is 0.710. The largest absolute Gasteiger partial charge is 0.309 e. The maximum atomic E-state index is 5.19. The van der Waals surface area contributed by atoms with Gasteiger partial charge in [-0.2, -0.15) is 0 Å². The fourth-order valence-corrected chi connectivity index (χ4v) is 7.56. The molecule has 0 atom stereocenters. The Hall–Kier alpha value is -6.58. The van der Waals surface area contributed by atoms with Gasteiger partial charge in [0.25, 0.3) is 0 Å². The second-order valence-electron chi connectivity index (χ2n) is 12.6. The highest BCUT2D eigenvalue weighted by atomic mass is 15.0. The Balaban J connectivity index is 1.27. The maximum Gasteiger partial charge on any atom is 0.161 e. The molecule has 0 aliphatic heterocycles. The Labute approximate surface area is 283 Å². The molecular weight excluding hydrogens is 595 g/mol. The van der Waals surface area contributed by atoms with Crippen molar-refractivity contribution in [1.29, 1.82) is 0 Å². The highest BCUT2D eigenvalue weighted by Crippen LogP contribution is 2.42. The zero-order valence-electron chi connectivity index (χ0n) is 26.6. The first-order valence-corrected chi connectivity index (χ1v) is 16.7. The van der Waals surface area contributed by atoms with Crippen LogP contribution in [-0.4, -0.2) is 14.5 Å². The molecule has 0 amide bonds. The van der Waals surface area contributed by atoms with E-state index in [1.54, 1.807) is 0 Å². The summed E-state index contributed by atoms with van der Waals surface area (Å²) in [4.78, 5) is 10.4. The summed E-state index contributed by atoms with van der Waals surface area (Å²) in [6.07, 6.45) is 0. The molecule has 0 saturated heterocycles. The molecule has 0 N–H and O–H groups in total. The summed E-state index contributed by atoms with van der Waals surface area (Å²) in [6, 6.07) is 62.5. The third kappa shape index (κ3) is 4.37. The lowest BCUT2D eigenvalue weighted by Crippen LogP contribution is -1.99. The maximum absolute atomic E-state index is 5.19. The summed E-state index contributed by atoms with van der Waals surface area (Å²) >= 11 is 0. The molecular formula is C46H29N3. The van der Waals surface area contributed by atoms with Crippen LogP contribution in [0, 0.1) is 0 Å². The van der Waals surface area contributed by atoms with Crippen LogP contribution >= 0.6 is 0 Å². The molecule has 0 radical (unpaired) electrons. The van der Waals surface area contributed by atoms with E-state index in [-0.39, 0.29) is 0 Å². The van der Waals surface area contributed by atoms with Crippen molar-refractivity contribution < 1.29 is 0 Å². The van der Waals surface area contributed by atoms with Crippen LogP contribution in [0.5, 0.6) is 0 Å². The molecule has 49 heavy (non-hydrogen) atoms. The van der Waals surface area contributed by atoms with Gasteiger partial charge in [-0.25, -0.2) is 9.97 Å². The van der Waals surface area contributed by atoms with Gasteiger partial charge in [0, 0.05) is 32.8 Å². The Morgan fingerprint density at radius 3 is 1.39 bits per heavy atom. The quantitative estimate of drug-likeness (QED) is 0.195. The van der Waals surface area contributed by atoms with Crippen molar-refractivity contribution in [2.75, 3.05) is 0 Å². The van der Waals surface area contributed by atoms with E-state index in [1.807, 2.05) is 12.1 Å². The van der Waals surface area contributed by atoms with Crippen molar-refractivity contribution in [3.05, 3.63) is 176 Å². The zero-order chi connectivity index (χ0) is 32.3. The van der Waals surface area contributed by atoms with Gasteiger partial charge >= 0.3 is 0 Å². The molecule has 0 spiro atoms. The normalized spacial score (nSPS) is 11.7. The molecule has 2 aromatic heterocycles. The van der Waals surface area contributed by atoms with Gasteiger partial charge in [0.2, 0.25) is 0 Å². The molecule has 2 heterocycles. The van der Waals surface area contributed by atoms with E-state index in [0.29, 0.717) is 5.82 Å². The minimum Gasteiger partial charge on any atom is -0.309 e. The van der Waals surface area contributed by atoms with E-state index in [2.05, 4.69) is 168 Å². The minimum absolute atomic E-state index is 0.710. The molecule has 3 nitrogen and oxygen atoms in total. The van der Waals surface area contributed by atoms with Crippen LogP contribution in [0.25, 0.3) is 93.7 Å². The van der Waals surface area contributed by atoms with Crippen molar-refractivity contribution in [3.8, 4) is 39.6 Å². The zero-order valence-corrected chi connectivity index (χ0v) is 26.6. The third-order valence-corrected chi connectivity index (χ3v) is 9.79. The van der Waals surface area contributed by atoms with Crippen LogP contribution in [0.1, 0.15) is 0 Å². The first-order chi connectivity index (χ1) is 24.3. The predicted octanol–water partition coefficient (Wildman–Crippen LogP) is 12.0. The third-order valence-electron chi connectivity index (χ3n) is 9.79. The molecule has 8 aromatic carbocycles. The Bertz CT molecular complexity index is 2720. The van der Waals surface area contributed by atoms with Crippen LogP contribution in [0.15, 0.2) is 176 Å². The Kier molecular flexibility index (Phi) is 6.18. The fraction of sp³-hybridized carbons (Fsp3) is 0. The lowest BCUT2D eigenvalue weighted by atomic mass is 10.00. The lowest BCUT2D eigenvalue weighted by molar-refractivity contribution is 1.18. The number of hydrogen-bond acceptors (Lipinski definition) is 2. The molecule has 0 bridgehead atoms. The van der Waals surface area contributed by atoms with E-state index >= 15 is 0 Å². The molecule has 0 aliphatic rings. The van der Waals surface area contributed by atoms with E-state index in [4.69, 9.17) is 9.97 Å². The summed E-state index contributed by atoms with van der Waals surface area (Å²) in [5.41, 5.74) is 8.45.